The summed E-state index contributed by atoms with van der Waals surface area (Å²) in [5.74, 6) is 0.593. The predicted octanol–water partition coefficient (Wildman–Crippen LogP) is 2.45. The summed E-state index contributed by atoms with van der Waals surface area (Å²) >= 11 is 0. The minimum atomic E-state index is 0.252. The van der Waals surface area contributed by atoms with Gasteiger partial charge in [-0.15, -0.1) is 0 Å². The van der Waals surface area contributed by atoms with E-state index in [-0.39, 0.29) is 5.92 Å². The van der Waals surface area contributed by atoms with E-state index in [2.05, 4.69) is 13.0 Å². The van der Waals surface area contributed by atoms with E-state index >= 15 is 0 Å². The lowest BCUT2D eigenvalue weighted by atomic mass is 10.0. The van der Waals surface area contributed by atoms with Crippen LogP contribution in [0.25, 0.3) is 0 Å². The molecule has 1 aliphatic carbocycles. The van der Waals surface area contributed by atoms with Gasteiger partial charge in [0.2, 0.25) is 0 Å². The highest BCUT2D eigenvalue weighted by Crippen LogP contribution is 2.27. The average Bonchev–Trinajstić information content (AvgIpc) is 2.44. The van der Waals surface area contributed by atoms with Crippen LogP contribution < -0.4 is 0 Å². The third kappa shape index (κ3) is 0.970. The van der Waals surface area contributed by atoms with E-state index < -0.39 is 0 Å². The van der Waals surface area contributed by atoms with Gasteiger partial charge in [-0.2, -0.15) is 0 Å². The van der Waals surface area contributed by atoms with Crippen LogP contribution in [-0.4, -0.2) is 5.78 Å². The summed E-state index contributed by atoms with van der Waals surface area (Å²) < 4.78 is 0. The summed E-state index contributed by atoms with van der Waals surface area (Å²) in [7, 11) is 0. The Hall–Kier alpha value is -1.11. The fourth-order valence-electron chi connectivity index (χ4n) is 1.85. The minimum Gasteiger partial charge on any atom is -0.294 e. The minimum absolute atomic E-state index is 0.252. The van der Waals surface area contributed by atoms with Gasteiger partial charge in [-0.1, -0.05) is 31.2 Å². The van der Waals surface area contributed by atoms with Crippen LogP contribution in [0.3, 0.4) is 0 Å². The lowest BCUT2D eigenvalue weighted by Gasteiger charge is -2.00. The quantitative estimate of drug-likeness (QED) is 0.616. The van der Waals surface area contributed by atoms with Crippen LogP contribution >= 0.6 is 0 Å². The Morgan fingerprint density at radius 1 is 1.42 bits per heavy atom. The summed E-state index contributed by atoms with van der Waals surface area (Å²) in [6, 6.07) is 7.94. The van der Waals surface area contributed by atoms with E-state index in [0.29, 0.717) is 5.78 Å². The van der Waals surface area contributed by atoms with Crippen molar-refractivity contribution >= 4 is 5.78 Å². The number of Topliss-reactive ketones (excluding diaryl/α,β-unsaturated/α-hetero) is 1. The van der Waals surface area contributed by atoms with Crippen LogP contribution in [0, 0.1) is 5.92 Å². The highest BCUT2D eigenvalue weighted by molar-refractivity contribution is 6.02. The number of rotatable bonds is 1. The van der Waals surface area contributed by atoms with E-state index in [0.717, 1.165) is 18.4 Å². The molecule has 2 rings (SSSR count). The summed E-state index contributed by atoms with van der Waals surface area (Å²) in [6.07, 6.45) is 1.92. The third-order valence-electron chi connectivity index (χ3n) is 2.61. The molecule has 0 saturated heterocycles. The maximum atomic E-state index is 11.6. The lowest BCUT2D eigenvalue weighted by Crippen LogP contribution is -2.06. The van der Waals surface area contributed by atoms with Crippen LogP contribution in [0.1, 0.15) is 29.3 Å². The molecule has 0 unspecified atom stereocenters. The molecule has 1 heteroatoms. The molecule has 1 aromatic rings. The van der Waals surface area contributed by atoms with E-state index in [9.17, 15) is 4.79 Å². The molecule has 0 amide bonds. The van der Waals surface area contributed by atoms with Gasteiger partial charge in [-0.3, -0.25) is 4.79 Å². The first kappa shape index (κ1) is 7.53. The first-order chi connectivity index (χ1) is 5.83. The first-order valence-corrected chi connectivity index (χ1v) is 4.45. The molecule has 12 heavy (non-hydrogen) atoms. The Bertz CT molecular complexity index is 315. The fourth-order valence-corrected chi connectivity index (χ4v) is 1.85. The van der Waals surface area contributed by atoms with Crippen molar-refractivity contribution in [3.05, 3.63) is 35.4 Å². The second kappa shape index (κ2) is 2.74. The molecule has 0 aliphatic heterocycles. The second-order valence-corrected chi connectivity index (χ2v) is 3.33. The van der Waals surface area contributed by atoms with Gasteiger partial charge >= 0.3 is 0 Å². The number of hydrogen-bond acceptors (Lipinski definition) is 1. The molecule has 0 spiro atoms. The van der Waals surface area contributed by atoms with Crippen LogP contribution in [0.2, 0.25) is 0 Å². The highest BCUT2D eigenvalue weighted by atomic mass is 16.1. The van der Waals surface area contributed by atoms with E-state index in [1.165, 1.54) is 5.56 Å². The molecule has 0 fully saturated rings. The van der Waals surface area contributed by atoms with E-state index in [1.807, 2.05) is 18.2 Å². The van der Waals surface area contributed by atoms with Gasteiger partial charge in [0.15, 0.2) is 5.78 Å². The Kier molecular flexibility index (Phi) is 1.72. The number of benzene rings is 1. The average molecular weight is 160 g/mol. The van der Waals surface area contributed by atoms with Gasteiger partial charge in [0, 0.05) is 11.5 Å². The van der Waals surface area contributed by atoms with Crippen LogP contribution in [0.15, 0.2) is 24.3 Å². The summed E-state index contributed by atoms with van der Waals surface area (Å²) in [5, 5.41) is 0. The topological polar surface area (TPSA) is 17.1 Å². The van der Waals surface area contributed by atoms with Crippen LogP contribution in [0.4, 0.5) is 0 Å². The van der Waals surface area contributed by atoms with Gasteiger partial charge in [-0.05, 0) is 18.4 Å². The molecule has 1 aliphatic rings. The first-order valence-electron chi connectivity index (χ1n) is 4.45. The van der Waals surface area contributed by atoms with Gasteiger partial charge < -0.3 is 0 Å². The number of carbonyl (C=O) groups excluding carboxylic acids is 1. The molecule has 0 N–H and O–H groups in total. The molecule has 1 atom stereocenters. The summed E-state index contributed by atoms with van der Waals surface area (Å²) in [6.45, 7) is 2.08. The number of ketones is 1. The summed E-state index contributed by atoms with van der Waals surface area (Å²) in [4.78, 5) is 11.6. The van der Waals surface area contributed by atoms with Gasteiger partial charge in [-0.25, -0.2) is 0 Å². The Morgan fingerprint density at radius 2 is 2.17 bits per heavy atom. The van der Waals surface area contributed by atoms with Crippen molar-refractivity contribution in [3.63, 3.8) is 0 Å². The van der Waals surface area contributed by atoms with Crippen LogP contribution in [0.5, 0.6) is 0 Å². The number of fused-ring (bicyclic) bond motifs is 1. The zero-order chi connectivity index (χ0) is 8.55. The van der Waals surface area contributed by atoms with Crippen molar-refractivity contribution in [2.75, 3.05) is 0 Å². The van der Waals surface area contributed by atoms with Crippen molar-refractivity contribution in [3.8, 4) is 0 Å². The zero-order valence-electron chi connectivity index (χ0n) is 7.21. The van der Waals surface area contributed by atoms with Gasteiger partial charge in [0.25, 0.3) is 0 Å². The van der Waals surface area contributed by atoms with E-state index in [1.54, 1.807) is 0 Å². The molecule has 0 aromatic heterocycles. The van der Waals surface area contributed by atoms with Crippen molar-refractivity contribution in [1.82, 2.24) is 0 Å². The molecule has 0 heterocycles. The molecular weight excluding hydrogens is 148 g/mol. The van der Waals surface area contributed by atoms with Gasteiger partial charge in [0.05, 0.1) is 0 Å². The van der Waals surface area contributed by atoms with Crippen LogP contribution in [-0.2, 0) is 6.42 Å². The smallest absolute Gasteiger partial charge is 0.166 e. The fraction of sp³-hybridized carbons (Fsp3) is 0.364. The third-order valence-corrected chi connectivity index (χ3v) is 2.61. The van der Waals surface area contributed by atoms with Crippen molar-refractivity contribution in [1.29, 1.82) is 0 Å². The maximum absolute atomic E-state index is 11.6. The van der Waals surface area contributed by atoms with Crippen molar-refractivity contribution < 1.29 is 4.79 Å². The Labute approximate surface area is 72.4 Å². The SMILES string of the molecule is CC[C@H]1Cc2ccccc2C1=O. The normalized spacial score (nSPS) is 21.1. The molecule has 0 radical (unpaired) electrons. The Morgan fingerprint density at radius 3 is 2.83 bits per heavy atom. The van der Waals surface area contributed by atoms with E-state index in [4.69, 9.17) is 0 Å². The molecule has 0 saturated carbocycles. The molecule has 1 aromatic carbocycles. The van der Waals surface area contributed by atoms with Gasteiger partial charge in [0.1, 0.15) is 0 Å². The molecular formula is C11H12O. The molecule has 0 bridgehead atoms. The standard InChI is InChI=1S/C11H12O/c1-2-8-7-9-5-3-4-6-10(9)11(8)12/h3-6,8H,2,7H2,1H3/t8-/m0/s1. The van der Waals surface area contributed by atoms with Crippen molar-refractivity contribution in [2.45, 2.75) is 19.8 Å². The highest BCUT2D eigenvalue weighted by Gasteiger charge is 2.27. The maximum Gasteiger partial charge on any atom is 0.166 e. The molecule has 1 nitrogen and oxygen atoms in total. The second-order valence-electron chi connectivity index (χ2n) is 3.33. The Balaban J connectivity index is 2.42. The lowest BCUT2D eigenvalue weighted by molar-refractivity contribution is 0.0934. The zero-order valence-corrected chi connectivity index (χ0v) is 7.21. The summed E-state index contributed by atoms with van der Waals surface area (Å²) in [5.41, 5.74) is 2.18. The predicted molar refractivity (Wildman–Crippen MR) is 48.3 cm³/mol. The number of hydrogen-bond donors (Lipinski definition) is 0. The van der Waals surface area contributed by atoms with Crippen molar-refractivity contribution in [2.24, 2.45) is 5.92 Å². The monoisotopic (exact) mass is 160 g/mol. The molecule has 62 valence electrons. The largest absolute Gasteiger partial charge is 0.294 e. The number of carbonyl (C=O) groups is 1.